The van der Waals surface area contributed by atoms with E-state index in [2.05, 4.69) is 25.9 Å². The Bertz CT molecular complexity index is 1150. The summed E-state index contributed by atoms with van der Waals surface area (Å²) in [7, 11) is 1.31. The Morgan fingerprint density at radius 1 is 1.22 bits per heavy atom. The minimum atomic E-state index is -0.926. The number of hydrogen-bond donors (Lipinski definition) is 1. The Kier molecular flexibility index (Phi) is 5.06. The molecule has 2 aromatic heterocycles. The monoisotopic (exact) mass is 410 g/mol. The normalized spacial score (nSPS) is 10.8. The fraction of sp³-hybridized carbons (Fsp3) is 0.214. The molecule has 0 saturated carbocycles. The third-order valence-corrected chi connectivity index (χ3v) is 4.30. The second kappa shape index (κ2) is 7.29. The number of aryl methyl sites for hydroxylation is 2. The minimum Gasteiger partial charge on any atom is -0.288 e. The van der Waals surface area contributed by atoms with Gasteiger partial charge in [0.2, 0.25) is 11.6 Å². The van der Waals surface area contributed by atoms with E-state index in [1.165, 1.54) is 29.9 Å². The molecule has 2 heterocycles. The Balaban J connectivity index is 2.11. The minimum absolute atomic E-state index is 0.0404. The summed E-state index contributed by atoms with van der Waals surface area (Å²) in [5.41, 5.74) is -2.06. The average molecular weight is 411 g/mol. The average Bonchev–Trinajstić information content (AvgIpc) is 3.08. The van der Waals surface area contributed by atoms with Crippen molar-refractivity contribution < 1.29 is 4.79 Å². The molecule has 3 rings (SSSR count). The zero-order chi connectivity index (χ0) is 19.7. The van der Waals surface area contributed by atoms with Crippen molar-refractivity contribution in [2.45, 2.75) is 13.5 Å². The smallest absolute Gasteiger partial charge is 0.288 e. The molecule has 0 bridgehead atoms. The fourth-order valence-corrected chi connectivity index (χ4v) is 2.53. The summed E-state index contributed by atoms with van der Waals surface area (Å²) in [6.07, 6.45) is 0. The quantitative estimate of drug-likeness (QED) is 0.662. The van der Waals surface area contributed by atoms with Gasteiger partial charge in [-0.2, -0.15) is 5.10 Å². The lowest BCUT2D eigenvalue weighted by Crippen LogP contribution is -2.43. The van der Waals surface area contributed by atoms with Gasteiger partial charge in [-0.1, -0.05) is 28.3 Å². The van der Waals surface area contributed by atoms with E-state index >= 15 is 0 Å². The zero-order valence-corrected chi connectivity index (χ0v) is 15.6. The van der Waals surface area contributed by atoms with E-state index < -0.39 is 22.9 Å². The van der Waals surface area contributed by atoms with Crippen molar-refractivity contribution in [1.29, 1.82) is 0 Å². The number of nitrogens with one attached hydrogen (secondary N) is 1. The second-order valence-corrected chi connectivity index (χ2v) is 6.08. The van der Waals surface area contributed by atoms with Gasteiger partial charge in [-0.15, -0.1) is 0 Å². The number of carbonyl (C=O) groups excluding carboxylic acids is 1. The number of nitrogens with zero attached hydrogens (tertiary/aromatic N) is 7. The van der Waals surface area contributed by atoms with Crippen LogP contribution in [0, 0.1) is 0 Å². The van der Waals surface area contributed by atoms with Gasteiger partial charge in [-0.3, -0.25) is 14.9 Å². The lowest BCUT2D eigenvalue weighted by atomic mass is 10.3. The van der Waals surface area contributed by atoms with Gasteiger partial charge in [0, 0.05) is 13.6 Å². The molecule has 0 unspecified atom stereocenters. The highest BCUT2D eigenvalue weighted by Crippen LogP contribution is 2.23. The molecule has 3 aromatic rings. The second-order valence-electron chi connectivity index (χ2n) is 5.27. The molecule has 13 heteroatoms. The van der Waals surface area contributed by atoms with E-state index in [4.69, 9.17) is 23.2 Å². The molecule has 0 radical (unpaired) electrons. The molecule has 11 nitrogen and oxygen atoms in total. The molecule has 140 valence electrons. The van der Waals surface area contributed by atoms with Crippen molar-refractivity contribution in [2.24, 2.45) is 7.05 Å². The first-order valence-electron chi connectivity index (χ1n) is 7.56. The fourth-order valence-electron chi connectivity index (χ4n) is 2.24. The van der Waals surface area contributed by atoms with E-state index in [-0.39, 0.29) is 21.7 Å². The van der Waals surface area contributed by atoms with Crippen LogP contribution in [0.2, 0.25) is 10.0 Å². The van der Waals surface area contributed by atoms with Crippen molar-refractivity contribution >= 4 is 35.1 Å². The number of hydrogen-bond acceptors (Lipinski definition) is 7. The van der Waals surface area contributed by atoms with Gasteiger partial charge in [0.1, 0.15) is 0 Å². The maximum Gasteiger partial charge on any atom is 0.351 e. The van der Waals surface area contributed by atoms with Crippen molar-refractivity contribution in [3.63, 3.8) is 0 Å². The number of amides is 1. The van der Waals surface area contributed by atoms with Crippen LogP contribution >= 0.6 is 23.2 Å². The third kappa shape index (κ3) is 3.46. The van der Waals surface area contributed by atoms with Crippen molar-refractivity contribution in [2.75, 3.05) is 5.32 Å². The Morgan fingerprint density at radius 3 is 2.63 bits per heavy atom. The van der Waals surface area contributed by atoms with Crippen LogP contribution in [-0.4, -0.2) is 40.5 Å². The van der Waals surface area contributed by atoms with Gasteiger partial charge < -0.3 is 0 Å². The SMILES string of the molecule is CCn1nnnc1NC(=O)c1nn(C)c(=O)n(-c2ccc(Cl)c(Cl)c2)c1=O. The Morgan fingerprint density at radius 2 is 1.96 bits per heavy atom. The van der Waals surface area contributed by atoms with Gasteiger partial charge >= 0.3 is 5.69 Å². The molecule has 27 heavy (non-hydrogen) atoms. The Labute approximate surface area is 161 Å². The van der Waals surface area contributed by atoms with E-state index in [1.54, 1.807) is 6.92 Å². The third-order valence-electron chi connectivity index (χ3n) is 3.56. The summed E-state index contributed by atoms with van der Waals surface area (Å²) in [6.45, 7) is 2.17. The summed E-state index contributed by atoms with van der Waals surface area (Å²) in [6, 6.07) is 4.20. The van der Waals surface area contributed by atoms with Crippen molar-refractivity contribution in [3.05, 3.63) is 54.8 Å². The van der Waals surface area contributed by atoms with Crippen LogP contribution in [0.3, 0.4) is 0 Å². The lowest BCUT2D eigenvalue weighted by Gasteiger charge is -2.10. The van der Waals surface area contributed by atoms with E-state index in [9.17, 15) is 14.4 Å². The highest BCUT2D eigenvalue weighted by molar-refractivity contribution is 6.42. The number of carbonyl (C=O) groups is 1. The highest BCUT2D eigenvalue weighted by Gasteiger charge is 2.21. The van der Waals surface area contributed by atoms with Crippen LogP contribution in [0.25, 0.3) is 5.69 Å². The first-order chi connectivity index (χ1) is 12.8. The molecule has 0 aliphatic carbocycles. The molecule has 1 N–H and O–H groups in total. The summed E-state index contributed by atoms with van der Waals surface area (Å²) >= 11 is 11.8. The summed E-state index contributed by atoms with van der Waals surface area (Å²) in [5, 5.41) is 17.3. The molecule has 0 fully saturated rings. The van der Waals surface area contributed by atoms with E-state index in [1.807, 2.05) is 0 Å². The predicted octanol–water partition coefficient (Wildman–Crippen LogP) is 0.497. The molecule has 0 atom stereocenters. The molecule has 0 saturated heterocycles. The molecular weight excluding hydrogens is 399 g/mol. The maximum absolute atomic E-state index is 12.8. The van der Waals surface area contributed by atoms with Gasteiger partial charge in [0.15, 0.2) is 0 Å². The molecule has 0 spiro atoms. The summed E-state index contributed by atoms with van der Waals surface area (Å²) in [4.78, 5) is 37.7. The van der Waals surface area contributed by atoms with E-state index in [0.717, 1.165) is 9.25 Å². The summed E-state index contributed by atoms with van der Waals surface area (Å²) in [5.74, 6) is -0.826. The van der Waals surface area contributed by atoms with Crippen LogP contribution in [0.1, 0.15) is 17.4 Å². The van der Waals surface area contributed by atoms with Crippen LogP contribution in [0.5, 0.6) is 0 Å². The van der Waals surface area contributed by atoms with Crippen LogP contribution in [0.4, 0.5) is 5.95 Å². The lowest BCUT2D eigenvalue weighted by molar-refractivity contribution is 0.101. The van der Waals surface area contributed by atoms with Crippen LogP contribution < -0.4 is 16.6 Å². The number of aromatic nitrogens is 7. The number of tetrazole rings is 1. The first kappa shape index (κ1) is 18.7. The largest absolute Gasteiger partial charge is 0.351 e. The first-order valence-corrected chi connectivity index (χ1v) is 8.32. The molecule has 1 amide bonds. The highest BCUT2D eigenvalue weighted by atomic mass is 35.5. The maximum atomic E-state index is 12.8. The molecule has 0 aliphatic rings. The number of halogens is 2. The van der Waals surface area contributed by atoms with Crippen molar-refractivity contribution in [1.82, 2.24) is 34.6 Å². The number of rotatable bonds is 4. The van der Waals surface area contributed by atoms with E-state index in [0.29, 0.717) is 6.54 Å². The van der Waals surface area contributed by atoms with Crippen LogP contribution in [0.15, 0.2) is 27.8 Å². The van der Waals surface area contributed by atoms with Gasteiger partial charge in [-0.05, 0) is 35.5 Å². The standard InChI is InChI=1S/C14H12Cl2N8O3/c1-3-23-13(18-20-21-23)17-11(25)10-12(26)24(14(27)22(2)19-10)7-4-5-8(15)9(16)6-7/h4-6H,3H2,1-2H3,(H,17,18,21,25). The zero-order valence-electron chi connectivity index (χ0n) is 14.1. The van der Waals surface area contributed by atoms with Gasteiger partial charge in [0.05, 0.1) is 15.7 Å². The molecule has 1 aromatic carbocycles. The summed E-state index contributed by atoms with van der Waals surface area (Å²) < 4.78 is 2.95. The number of benzene rings is 1. The van der Waals surface area contributed by atoms with Crippen molar-refractivity contribution in [3.8, 4) is 5.69 Å². The predicted molar refractivity (Wildman–Crippen MR) is 96.5 cm³/mol. The topological polar surface area (TPSA) is 130 Å². The van der Waals surface area contributed by atoms with Crippen LogP contribution in [-0.2, 0) is 13.6 Å². The molecule has 0 aliphatic heterocycles. The molecular formula is C14H12Cl2N8O3. The number of anilines is 1. The Hall–Kier alpha value is -3.05. The van der Waals surface area contributed by atoms with Gasteiger partial charge in [-0.25, -0.2) is 18.7 Å². The van der Waals surface area contributed by atoms with Gasteiger partial charge in [0.25, 0.3) is 11.5 Å².